The Morgan fingerprint density at radius 3 is 2.43 bits per heavy atom. The number of benzene rings is 2. The highest BCUT2D eigenvalue weighted by Gasteiger charge is 2.25. The van der Waals surface area contributed by atoms with Crippen LogP contribution in [0.5, 0.6) is 11.5 Å². The molecule has 0 aliphatic carbocycles. The summed E-state index contributed by atoms with van der Waals surface area (Å²) in [4.78, 5) is 2.57. The molecule has 3 rings (SSSR count). The first-order valence-corrected chi connectivity index (χ1v) is 9.43. The van der Waals surface area contributed by atoms with E-state index in [0.29, 0.717) is 12.0 Å². The molecule has 1 saturated heterocycles. The van der Waals surface area contributed by atoms with Crippen molar-refractivity contribution in [2.45, 2.75) is 25.3 Å². The van der Waals surface area contributed by atoms with Crippen molar-refractivity contribution in [1.82, 2.24) is 10.2 Å². The maximum Gasteiger partial charge on any atom is 0.160 e. The fourth-order valence-electron chi connectivity index (χ4n) is 3.68. The zero-order valence-electron chi connectivity index (χ0n) is 16.9. The van der Waals surface area contributed by atoms with Crippen LogP contribution < -0.4 is 14.8 Å². The third-order valence-corrected chi connectivity index (χ3v) is 5.39. The maximum absolute atomic E-state index is 5.47. The second-order valence-corrected chi connectivity index (χ2v) is 7.00. The van der Waals surface area contributed by atoms with Crippen molar-refractivity contribution < 1.29 is 9.47 Å². The summed E-state index contributed by atoms with van der Waals surface area (Å²) in [5.74, 6) is 1.99. The lowest BCUT2D eigenvalue weighted by molar-refractivity contribution is 0.189. The second-order valence-electron chi connectivity index (χ2n) is 7.00. The van der Waals surface area contributed by atoms with Crippen LogP contribution in [0.2, 0.25) is 0 Å². The van der Waals surface area contributed by atoms with Crippen molar-refractivity contribution in [1.29, 1.82) is 0 Å². The van der Waals surface area contributed by atoms with E-state index < -0.39 is 0 Å². The Kier molecular flexibility index (Phi) is 10.7. The van der Waals surface area contributed by atoms with Crippen LogP contribution in [-0.2, 0) is 6.42 Å². The summed E-state index contributed by atoms with van der Waals surface area (Å²) in [6, 6.07) is 17.4. The maximum atomic E-state index is 5.47. The van der Waals surface area contributed by atoms with Gasteiger partial charge in [-0.25, -0.2) is 0 Å². The molecule has 4 nitrogen and oxygen atoms in total. The highest BCUT2D eigenvalue weighted by atomic mass is 35.5. The highest BCUT2D eigenvalue weighted by molar-refractivity contribution is 5.85. The van der Waals surface area contributed by atoms with Gasteiger partial charge in [0.1, 0.15) is 0 Å². The quantitative estimate of drug-likeness (QED) is 0.719. The van der Waals surface area contributed by atoms with E-state index in [0.717, 1.165) is 44.1 Å². The number of hydrogen-bond donors (Lipinski definition) is 1. The number of ether oxygens (including phenoxy) is 2. The standard InChI is InChI=1S/C22H30N2O2.2ClH/c1-17(19-9-10-21(25-2)22(15-19)26-3)20-16-24(14-12-23-20)13-11-18-7-5-4-6-8-18;;/h4-10,15,17,20,23H,11-14,16H2,1-3H3;2*1H. The Balaban J connectivity index is 0.00000196. The minimum absolute atomic E-state index is 0. The van der Waals surface area contributed by atoms with Gasteiger partial charge in [0, 0.05) is 32.2 Å². The van der Waals surface area contributed by atoms with Crippen LogP contribution in [0.3, 0.4) is 0 Å². The summed E-state index contributed by atoms with van der Waals surface area (Å²) < 4.78 is 10.8. The van der Waals surface area contributed by atoms with Crippen molar-refractivity contribution >= 4 is 24.8 Å². The summed E-state index contributed by atoms with van der Waals surface area (Å²) >= 11 is 0. The van der Waals surface area contributed by atoms with E-state index in [-0.39, 0.29) is 24.8 Å². The molecule has 2 atom stereocenters. The average Bonchev–Trinajstić information content (AvgIpc) is 2.72. The van der Waals surface area contributed by atoms with Gasteiger partial charge in [-0.05, 0) is 35.6 Å². The molecule has 156 valence electrons. The van der Waals surface area contributed by atoms with Crippen molar-refractivity contribution in [3.05, 3.63) is 59.7 Å². The monoisotopic (exact) mass is 426 g/mol. The normalized spacial score (nSPS) is 17.8. The van der Waals surface area contributed by atoms with Crippen molar-refractivity contribution in [3.63, 3.8) is 0 Å². The van der Waals surface area contributed by atoms with Crippen LogP contribution in [-0.4, -0.2) is 51.3 Å². The molecule has 1 heterocycles. The summed E-state index contributed by atoms with van der Waals surface area (Å²) in [6.45, 7) is 6.63. The molecule has 0 amide bonds. The predicted molar refractivity (Wildman–Crippen MR) is 121 cm³/mol. The van der Waals surface area contributed by atoms with Gasteiger partial charge in [0.2, 0.25) is 0 Å². The van der Waals surface area contributed by atoms with Gasteiger partial charge >= 0.3 is 0 Å². The van der Waals surface area contributed by atoms with Gasteiger partial charge in [0.15, 0.2) is 11.5 Å². The SMILES string of the molecule is COc1ccc(C(C)C2CN(CCc3ccccc3)CCN2)cc1OC.Cl.Cl. The van der Waals surface area contributed by atoms with E-state index in [9.17, 15) is 0 Å². The lowest BCUT2D eigenvalue weighted by Crippen LogP contribution is -2.53. The second kappa shape index (κ2) is 12.2. The highest BCUT2D eigenvalue weighted by Crippen LogP contribution is 2.32. The average molecular weight is 427 g/mol. The van der Waals surface area contributed by atoms with E-state index in [1.807, 2.05) is 6.07 Å². The molecule has 2 unspecified atom stereocenters. The Bertz CT molecular complexity index is 700. The van der Waals surface area contributed by atoms with Crippen LogP contribution in [0.15, 0.2) is 48.5 Å². The van der Waals surface area contributed by atoms with E-state index in [1.54, 1.807) is 14.2 Å². The number of halogens is 2. The largest absolute Gasteiger partial charge is 0.493 e. The molecule has 1 aliphatic rings. The Morgan fingerprint density at radius 1 is 1.04 bits per heavy atom. The molecule has 2 aromatic carbocycles. The molecule has 0 saturated carbocycles. The lowest BCUT2D eigenvalue weighted by Gasteiger charge is -2.37. The van der Waals surface area contributed by atoms with Crippen molar-refractivity contribution in [2.24, 2.45) is 0 Å². The third-order valence-electron chi connectivity index (χ3n) is 5.39. The summed E-state index contributed by atoms with van der Waals surface area (Å²) in [7, 11) is 3.37. The van der Waals surface area contributed by atoms with Crippen LogP contribution in [0.25, 0.3) is 0 Å². The summed E-state index contributed by atoms with van der Waals surface area (Å²) in [5.41, 5.74) is 2.69. The van der Waals surface area contributed by atoms with Crippen LogP contribution in [0.1, 0.15) is 24.0 Å². The zero-order chi connectivity index (χ0) is 18.4. The number of nitrogens with zero attached hydrogens (tertiary/aromatic N) is 1. The number of piperazine rings is 1. The zero-order valence-corrected chi connectivity index (χ0v) is 18.5. The van der Waals surface area contributed by atoms with Gasteiger partial charge in [-0.15, -0.1) is 24.8 Å². The van der Waals surface area contributed by atoms with Crippen molar-refractivity contribution in [3.8, 4) is 11.5 Å². The number of rotatable bonds is 7. The molecule has 1 aliphatic heterocycles. The van der Waals surface area contributed by atoms with Gasteiger partial charge in [-0.2, -0.15) is 0 Å². The Morgan fingerprint density at radius 2 is 1.75 bits per heavy atom. The third kappa shape index (κ3) is 6.28. The van der Waals surface area contributed by atoms with Gasteiger partial charge in [0.05, 0.1) is 14.2 Å². The van der Waals surface area contributed by atoms with Crippen LogP contribution in [0.4, 0.5) is 0 Å². The molecule has 1 fully saturated rings. The smallest absolute Gasteiger partial charge is 0.160 e. The van der Waals surface area contributed by atoms with Crippen LogP contribution >= 0.6 is 24.8 Å². The fraction of sp³-hybridized carbons (Fsp3) is 0.455. The number of hydrogen-bond acceptors (Lipinski definition) is 4. The summed E-state index contributed by atoms with van der Waals surface area (Å²) in [6.07, 6.45) is 1.11. The molecule has 0 radical (unpaired) electrons. The van der Waals surface area contributed by atoms with Crippen LogP contribution in [0, 0.1) is 0 Å². The topological polar surface area (TPSA) is 33.7 Å². The summed E-state index contributed by atoms with van der Waals surface area (Å²) in [5, 5.41) is 3.70. The van der Waals surface area contributed by atoms with Gasteiger partial charge in [-0.1, -0.05) is 43.3 Å². The fourth-order valence-corrected chi connectivity index (χ4v) is 3.68. The Labute approximate surface area is 181 Å². The van der Waals surface area contributed by atoms with E-state index >= 15 is 0 Å². The van der Waals surface area contributed by atoms with Crippen molar-refractivity contribution in [2.75, 3.05) is 40.4 Å². The van der Waals surface area contributed by atoms with Gasteiger partial charge in [0.25, 0.3) is 0 Å². The lowest BCUT2D eigenvalue weighted by atomic mass is 9.91. The number of nitrogens with one attached hydrogen (secondary N) is 1. The molecule has 1 N–H and O–H groups in total. The van der Waals surface area contributed by atoms with E-state index in [1.165, 1.54) is 11.1 Å². The molecular formula is C22H32Cl2N2O2. The molecule has 0 spiro atoms. The Hall–Kier alpha value is -1.46. The first kappa shape index (κ1) is 24.6. The molecule has 6 heteroatoms. The predicted octanol–water partition coefficient (Wildman–Crippen LogP) is 4.17. The minimum Gasteiger partial charge on any atom is -0.493 e. The molecule has 28 heavy (non-hydrogen) atoms. The van der Waals surface area contributed by atoms with Gasteiger partial charge < -0.3 is 19.7 Å². The van der Waals surface area contributed by atoms with E-state index in [4.69, 9.17) is 9.47 Å². The first-order valence-electron chi connectivity index (χ1n) is 9.43. The minimum atomic E-state index is 0. The molecule has 0 bridgehead atoms. The molecule has 2 aromatic rings. The van der Waals surface area contributed by atoms with E-state index in [2.05, 4.69) is 59.6 Å². The number of methoxy groups -OCH3 is 2. The molecular weight excluding hydrogens is 395 g/mol. The van der Waals surface area contributed by atoms with Gasteiger partial charge in [-0.3, -0.25) is 0 Å². The first-order chi connectivity index (χ1) is 12.7. The molecule has 0 aromatic heterocycles.